The third-order valence-corrected chi connectivity index (χ3v) is 4.03. The molecule has 26 heavy (non-hydrogen) atoms. The first-order valence-corrected chi connectivity index (χ1v) is 8.25. The molecule has 1 heterocycles. The molecule has 134 valence electrons. The molecule has 5 nitrogen and oxygen atoms in total. The highest BCUT2D eigenvalue weighted by Crippen LogP contribution is 2.32. The highest BCUT2D eigenvalue weighted by Gasteiger charge is 2.14. The highest BCUT2D eigenvalue weighted by atomic mass is 16.5. The van der Waals surface area contributed by atoms with Gasteiger partial charge in [-0.1, -0.05) is 30.3 Å². The molecular formula is C21H21NO4. The molecule has 1 aromatic heterocycles. The van der Waals surface area contributed by atoms with Crippen LogP contribution in [0.5, 0.6) is 11.5 Å². The monoisotopic (exact) mass is 351 g/mol. The molecule has 1 atom stereocenters. The van der Waals surface area contributed by atoms with Crippen molar-refractivity contribution in [2.45, 2.75) is 19.6 Å². The Morgan fingerprint density at radius 3 is 2.65 bits per heavy atom. The zero-order valence-electron chi connectivity index (χ0n) is 14.8. The van der Waals surface area contributed by atoms with Crippen molar-refractivity contribution in [2.24, 2.45) is 0 Å². The summed E-state index contributed by atoms with van der Waals surface area (Å²) < 4.78 is 17.0. The summed E-state index contributed by atoms with van der Waals surface area (Å²) in [6.45, 7) is 5.68. The van der Waals surface area contributed by atoms with E-state index in [2.05, 4.69) is 11.6 Å². The molecule has 0 radical (unpaired) electrons. The fourth-order valence-corrected chi connectivity index (χ4v) is 2.54. The number of rotatable bonds is 7. The molecule has 1 unspecified atom stereocenters. The molecule has 0 aliphatic rings. The lowest BCUT2D eigenvalue weighted by Crippen LogP contribution is -2.01. The van der Waals surface area contributed by atoms with E-state index in [0.717, 1.165) is 5.56 Å². The molecule has 0 amide bonds. The number of aryl methyl sites for hydroxylation is 1. The highest BCUT2D eigenvalue weighted by molar-refractivity contribution is 5.53. The molecule has 1 N–H and O–H groups in total. The fourth-order valence-electron chi connectivity index (χ4n) is 2.54. The van der Waals surface area contributed by atoms with Crippen molar-refractivity contribution in [3.63, 3.8) is 0 Å². The van der Waals surface area contributed by atoms with Crippen molar-refractivity contribution in [2.75, 3.05) is 7.11 Å². The number of aliphatic hydroxyl groups excluding tert-OH is 1. The number of methoxy groups -OCH3 is 1. The Balaban J connectivity index is 1.81. The molecule has 0 saturated heterocycles. The van der Waals surface area contributed by atoms with Crippen molar-refractivity contribution in [3.8, 4) is 23.0 Å². The summed E-state index contributed by atoms with van der Waals surface area (Å²) in [6, 6.07) is 15.0. The Morgan fingerprint density at radius 2 is 1.96 bits per heavy atom. The number of hydrogen-bond acceptors (Lipinski definition) is 5. The van der Waals surface area contributed by atoms with Crippen molar-refractivity contribution in [3.05, 3.63) is 78.2 Å². The summed E-state index contributed by atoms with van der Waals surface area (Å²) in [5.41, 5.74) is 2.30. The van der Waals surface area contributed by atoms with Gasteiger partial charge in [0.05, 0.1) is 13.2 Å². The van der Waals surface area contributed by atoms with Gasteiger partial charge in [0.1, 0.15) is 18.1 Å². The summed E-state index contributed by atoms with van der Waals surface area (Å²) in [5.74, 6) is 2.36. The standard InChI is InChI=1S/C21H21NO4/c1-4-18(23)16-10-11-19(24-3)20(12-16)25-13-17-14(2)26-21(22-17)15-8-6-5-7-9-15/h4-12,18,23H,1,13H2,2-3H3. The lowest BCUT2D eigenvalue weighted by Gasteiger charge is -2.13. The van der Waals surface area contributed by atoms with E-state index in [1.807, 2.05) is 37.3 Å². The molecule has 2 aromatic carbocycles. The number of aliphatic hydroxyl groups is 1. The number of benzene rings is 2. The first-order valence-electron chi connectivity index (χ1n) is 8.25. The van der Waals surface area contributed by atoms with E-state index in [0.29, 0.717) is 34.4 Å². The van der Waals surface area contributed by atoms with Crippen molar-refractivity contribution in [1.29, 1.82) is 0 Å². The second-order valence-electron chi connectivity index (χ2n) is 5.77. The molecule has 3 aromatic rings. The maximum absolute atomic E-state index is 9.93. The van der Waals surface area contributed by atoms with Crippen molar-refractivity contribution in [1.82, 2.24) is 4.98 Å². The number of oxazole rings is 1. The zero-order valence-corrected chi connectivity index (χ0v) is 14.8. The summed E-state index contributed by atoms with van der Waals surface area (Å²) in [7, 11) is 1.57. The smallest absolute Gasteiger partial charge is 0.226 e. The van der Waals surface area contributed by atoms with E-state index in [9.17, 15) is 5.11 Å². The van der Waals surface area contributed by atoms with Gasteiger partial charge in [-0.3, -0.25) is 0 Å². The second kappa shape index (κ2) is 7.89. The van der Waals surface area contributed by atoms with Crippen LogP contribution in [0.15, 0.2) is 65.6 Å². The minimum atomic E-state index is -0.762. The summed E-state index contributed by atoms with van der Waals surface area (Å²) in [5, 5.41) is 9.93. The first-order chi connectivity index (χ1) is 12.6. The van der Waals surface area contributed by atoms with Crippen LogP contribution in [0, 0.1) is 6.92 Å². The van der Waals surface area contributed by atoms with E-state index in [-0.39, 0.29) is 6.61 Å². The SMILES string of the molecule is C=CC(O)c1ccc(OC)c(OCc2nc(-c3ccccc3)oc2C)c1. The summed E-state index contributed by atoms with van der Waals surface area (Å²) in [6.07, 6.45) is 0.696. The van der Waals surface area contributed by atoms with E-state index < -0.39 is 6.10 Å². The molecule has 0 bridgehead atoms. The van der Waals surface area contributed by atoms with Crippen LogP contribution in [0.4, 0.5) is 0 Å². The quantitative estimate of drug-likeness (QED) is 0.637. The molecule has 0 aliphatic carbocycles. The van der Waals surface area contributed by atoms with Crippen LogP contribution < -0.4 is 9.47 Å². The van der Waals surface area contributed by atoms with Gasteiger partial charge in [0.15, 0.2) is 11.5 Å². The van der Waals surface area contributed by atoms with Crippen molar-refractivity contribution >= 4 is 0 Å². The minimum Gasteiger partial charge on any atom is -0.493 e. The molecule has 0 fully saturated rings. The third-order valence-electron chi connectivity index (χ3n) is 4.03. The lowest BCUT2D eigenvalue weighted by atomic mass is 10.1. The van der Waals surface area contributed by atoms with Crippen LogP contribution in [-0.2, 0) is 6.61 Å². The van der Waals surface area contributed by atoms with E-state index in [1.165, 1.54) is 6.08 Å². The van der Waals surface area contributed by atoms with Crippen LogP contribution in [-0.4, -0.2) is 17.2 Å². The van der Waals surface area contributed by atoms with Gasteiger partial charge < -0.3 is 19.0 Å². The topological polar surface area (TPSA) is 64.7 Å². The molecular weight excluding hydrogens is 330 g/mol. The Kier molecular flexibility index (Phi) is 5.39. The van der Waals surface area contributed by atoms with Gasteiger partial charge in [0.2, 0.25) is 5.89 Å². The maximum atomic E-state index is 9.93. The van der Waals surface area contributed by atoms with Crippen LogP contribution in [0.2, 0.25) is 0 Å². The van der Waals surface area contributed by atoms with Gasteiger partial charge in [-0.2, -0.15) is 0 Å². The molecule has 0 aliphatic heterocycles. The lowest BCUT2D eigenvalue weighted by molar-refractivity contribution is 0.227. The average molecular weight is 351 g/mol. The van der Waals surface area contributed by atoms with Gasteiger partial charge in [0, 0.05) is 5.56 Å². The van der Waals surface area contributed by atoms with Crippen LogP contribution in [0.25, 0.3) is 11.5 Å². The zero-order chi connectivity index (χ0) is 18.5. The van der Waals surface area contributed by atoms with Gasteiger partial charge in [-0.05, 0) is 36.8 Å². The van der Waals surface area contributed by atoms with E-state index in [1.54, 1.807) is 25.3 Å². The molecule has 0 saturated carbocycles. The summed E-state index contributed by atoms with van der Waals surface area (Å²) >= 11 is 0. The summed E-state index contributed by atoms with van der Waals surface area (Å²) in [4.78, 5) is 4.53. The Labute approximate surface area is 152 Å². The Hall–Kier alpha value is -3.05. The maximum Gasteiger partial charge on any atom is 0.226 e. The van der Waals surface area contributed by atoms with Crippen LogP contribution >= 0.6 is 0 Å². The van der Waals surface area contributed by atoms with Crippen LogP contribution in [0.1, 0.15) is 23.1 Å². The average Bonchev–Trinajstić information content (AvgIpc) is 3.06. The number of hydrogen-bond donors (Lipinski definition) is 1. The number of nitrogens with zero attached hydrogens (tertiary/aromatic N) is 1. The number of ether oxygens (including phenoxy) is 2. The largest absolute Gasteiger partial charge is 0.493 e. The Bertz CT molecular complexity index is 886. The molecule has 0 spiro atoms. The van der Waals surface area contributed by atoms with Gasteiger partial charge in [-0.25, -0.2) is 4.98 Å². The molecule has 5 heteroatoms. The minimum absolute atomic E-state index is 0.228. The van der Waals surface area contributed by atoms with Gasteiger partial charge in [-0.15, -0.1) is 6.58 Å². The van der Waals surface area contributed by atoms with E-state index >= 15 is 0 Å². The third kappa shape index (κ3) is 3.78. The van der Waals surface area contributed by atoms with Crippen LogP contribution in [0.3, 0.4) is 0 Å². The normalized spacial score (nSPS) is 11.8. The van der Waals surface area contributed by atoms with Gasteiger partial charge in [0.25, 0.3) is 0 Å². The van der Waals surface area contributed by atoms with E-state index in [4.69, 9.17) is 13.9 Å². The molecule has 3 rings (SSSR count). The fraction of sp³-hybridized carbons (Fsp3) is 0.190. The Morgan fingerprint density at radius 1 is 1.19 bits per heavy atom. The van der Waals surface area contributed by atoms with Gasteiger partial charge >= 0.3 is 0 Å². The van der Waals surface area contributed by atoms with Crippen molar-refractivity contribution < 1.29 is 19.0 Å². The number of aromatic nitrogens is 1. The first kappa shape index (κ1) is 17.8. The second-order valence-corrected chi connectivity index (χ2v) is 5.77. The predicted molar refractivity (Wildman–Crippen MR) is 99.2 cm³/mol. The predicted octanol–water partition coefficient (Wildman–Crippen LogP) is 4.46.